The lowest BCUT2D eigenvalue weighted by Crippen LogP contribution is -2.01. The standard InChI is InChI=1S/C12H10ClN3O2/c1-8-4-9(2-3-11(17)18)5-14-12(8)16-7-10(13)6-15-16/h2-7H,1H3,(H,17,18)/b3-2+. The predicted molar refractivity (Wildman–Crippen MR) is 67.8 cm³/mol. The highest BCUT2D eigenvalue weighted by atomic mass is 35.5. The van der Waals surface area contributed by atoms with E-state index in [2.05, 4.69) is 10.1 Å². The van der Waals surface area contributed by atoms with E-state index in [0.29, 0.717) is 10.8 Å². The Balaban J connectivity index is 2.33. The molecule has 5 nitrogen and oxygen atoms in total. The van der Waals surface area contributed by atoms with Crippen molar-refractivity contribution in [2.75, 3.05) is 0 Å². The molecule has 2 aromatic rings. The Hall–Kier alpha value is -2.14. The first-order valence-corrected chi connectivity index (χ1v) is 5.52. The van der Waals surface area contributed by atoms with Crippen LogP contribution in [0.15, 0.2) is 30.7 Å². The average Bonchev–Trinajstić information content (AvgIpc) is 2.73. The SMILES string of the molecule is Cc1cc(/C=C/C(=O)O)cnc1-n1cc(Cl)cn1. The fraction of sp³-hybridized carbons (Fsp3) is 0.0833. The van der Waals surface area contributed by atoms with Crippen LogP contribution in [0.4, 0.5) is 0 Å². The van der Waals surface area contributed by atoms with Gasteiger partial charge in [0.2, 0.25) is 0 Å². The van der Waals surface area contributed by atoms with Gasteiger partial charge >= 0.3 is 5.97 Å². The number of carbonyl (C=O) groups is 1. The molecule has 0 bridgehead atoms. The molecule has 0 aromatic carbocycles. The second-order valence-electron chi connectivity index (χ2n) is 3.68. The summed E-state index contributed by atoms with van der Waals surface area (Å²) >= 11 is 5.79. The van der Waals surface area contributed by atoms with Crippen LogP contribution in [0, 0.1) is 6.92 Å². The molecule has 0 saturated carbocycles. The predicted octanol–water partition coefficient (Wildman–Crippen LogP) is 2.33. The van der Waals surface area contributed by atoms with Crippen molar-refractivity contribution in [3.05, 3.63) is 46.9 Å². The van der Waals surface area contributed by atoms with Crippen LogP contribution in [-0.2, 0) is 4.79 Å². The molecule has 0 aliphatic carbocycles. The Morgan fingerprint density at radius 3 is 2.83 bits per heavy atom. The summed E-state index contributed by atoms with van der Waals surface area (Å²) in [6, 6.07) is 1.83. The zero-order valence-corrected chi connectivity index (χ0v) is 10.3. The fourth-order valence-corrected chi connectivity index (χ4v) is 1.64. The van der Waals surface area contributed by atoms with Crippen molar-refractivity contribution in [2.45, 2.75) is 6.92 Å². The maximum absolute atomic E-state index is 10.4. The molecular weight excluding hydrogens is 254 g/mol. The maximum Gasteiger partial charge on any atom is 0.328 e. The van der Waals surface area contributed by atoms with Crippen molar-refractivity contribution in [1.82, 2.24) is 14.8 Å². The minimum atomic E-state index is -0.990. The molecule has 0 unspecified atom stereocenters. The zero-order valence-electron chi connectivity index (χ0n) is 9.54. The number of carboxylic acids is 1. The number of carboxylic acid groups (broad SMARTS) is 1. The normalized spacial score (nSPS) is 11.0. The molecule has 6 heteroatoms. The highest BCUT2D eigenvalue weighted by Crippen LogP contribution is 2.15. The lowest BCUT2D eigenvalue weighted by atomic mass is 10.2. The number of nitrogens with zero attached hydrogens (tertiary/aromatic N) is 3. The van der Waals surface area contributed by atoms with Crippen LogP contribution in [0.25, 0.3) is 11.9 Å². The minimum Gasteiger partial charge on any atom is -0.478 e. The Labute approximate surface area is 108 Å². The van der Waals surface area contributed by atoms with Crippen LogP contribution in [0.3, 0.4) is 0 Å². The van der Waals surface area contributed by atoms with Gasteiger partial charge in [0.05, 0.1) is 17.4 Å². The van der Waals surface area contributed by atoms with Gasteiger partial charge in [-0.3, -0.25) is 0 Å². The number of aryl methyl sites for hydroxylation is 1. The van der Waals surface area contributed by atoms with Gasteiger partial charge in [-0.15, -0.1) is 0 Å². The lowest BCUT2D eigenvalue weighted by Gasteiger charge is -2.05. The van der Waals surface area contributed by atoms with Crippen molar-refractivity contribution < 1.29 is 9.90 Å². The number of halogens is 1. The molecule has 0 aliphatic heterocycles. The van der Waals surface area contributed by atoms with Crippen LogP contribution < -0.4 is 0 Å². The van der Waals surface area contributed by atoms with E-state index in [1.807, 2.05) is 13.0 Å². The molecule has 0 saturated heterocycles. The smallest absolute Gasteiger partial charge is 0.328 e. The Morgan fingerprint density at radius 1 is 1.50 bits per heavy atom. The van der Waals surface area contributed by atoms with E-state index in [0.717, 1.165) is 17.2 Å². The first-order chi connectivity index (χ1) is 8.56. The quantitative estimate of drug-likeness (QED) is 0.863. The molecule has 1 N–H and O–H groups in total. The van der Waals surface area contributed by atoms with Gasteiger partial charge in [0, 0.05) is 12.3 Å². The van der Waals surface area contributed by atoms with Crippen molar-refractivity contribution >= 4 is 23.6 Å². The van der Waals surface area contributed by atoms with E-state index >= 15 is 0 Å². The topological polar surface area (TPSA) is 68.0 Å². The summed E-state index contributed by atoms with van der Waals surface area (Å²) in [6.45, 7) is 1.87. The molecule has 0 fully saturated rings. The second-order valence-corrected chi connectivity index (χ2v) is 4.12. The lowest BCUT2D eigenvalue weighted by molar-refractivity contribution is -0.131. The van der Waals surface area contributed by atoms with E-state index in [1.54, 1.807) is 17.1 Å². The summed E-state index contributed by atoms with van der Waals surface area (Å²) < 4.78 is 1.57. The molecule has 2 aromatic heterocycles. The second kappa shape index (κ2) is 5.01. The van der Waals surface area contributed by atoms with Gasteiger partial charge in [-0.25, -0.2) is 14.5 Å². The van der Waals surface area contributed by atoms with Crippen LogP contribution in [-0.4, -0.2) is 25.8 Å². The maximum atomic E-state index is 10.4. The monoisotopic (exact) mass is 263 g/mol. The van der Waals surface area contributed by atoms with Gasteiger partial charge in [0.1, 0.15) is 0 Å². The summed E-state index contributed by atoms with van der Waals surface area (Å²) in [5, 5.41) is 13.1. The molecule has 0 aliphatic rings. The van der Waals surface area contributed by atoms with Crippen molar-refractivity contribution in [3.8, 4) is 5.82 Å². The van der Waals surface area contributed by atoms with Gasteiger partial charge in [0.25, 0.3) is 0 Å². The summed E-state index contributed by atoms with van der Waals surface area (Å²) in [6.07, 6.45) is 7.32. The number of rotatable bonds is 3. The largest absolute Gasteiger partial charge is 0.478 e. The Morgan fingerprint density at radius 2 is 2.28 bits per heavy atom. The fourth-order valence-electron chi connectivity index (χ4n) is 1.50. The zero-order chi connectivity index (χ0) is 13.1. The Kier molecular flexibility index (Phi) is 3.43. The Bertz CT molecular complexity index is 620. The number of pyridine rings is 1. The van der Waals surface area contributed by atoms with Crippen LogP contribution in [0.2, 0.25) is 5.02 Å². The van der Waals surface area contributed by atoms with E-state index in [9.17, 15) is 4.79 Å². The molecule has 92 valence electrons. The summed E-state index contributed by atoms with van der Waals surface area (Å²) in [4.78, 5) is 14.7. The van der Waals surface area contributed by atoms with Crippen molar-refractivity contribution in [1.29, 1.82) is 0 Å². The number of aromatic nitrogens is 3. The van der Waals surface area contributed by atoms with Gasteiger partial charge in [-0.05, 0) is 30.2 Å². The van der Waals surface area contributed by atoms with E-state index < -0.39 is 5.97 Å². The average molecular weight is 264 g/mol. The molecular formula is C12H10ClN3O2. The molecule has 18 heavy (non-hydrogen) atoms. The molecule has 0 amide bonds. The molecule has 2 rings (SSSR count). The first-order valence-electron chi connectivity index (χ1n) is 5.14. The number of hydrogen-bond donors (Lipinski definition) is 1. The summed E-state index contributed by atoms with van der Waals surface area (Å²) in [5.74, 6) is -0.329. The van der Waals surface area contributed by atoms with Crippen LogP contribution >= 0.6 is 11.6 Å². The van der Waals surface area contributed by atoms with Gasteiger partial charge in [-0.2, -0.15) is 5.10 Å². The first kappa shape index (κ1) is 12.3. The summed E-state index contributed by atoms with van der Waals surface area (Å²) in [5.41, 5.74) is 1.60. The van der Waals surface area contributed by atoms with E-state index in [1.165, 1.54) is 12.3 Å². The van der Waals surface area contributed by atoms with Gasteiger partial charge < -0.3 is 5.11 Å². The van der Waals surface area contributed by atoms with Crippen molar-refractivity contribution in [2.24, 2.45) is 0 Å². The van der Waals surface area contributed by atoms with Gasteiger partial charge in [-0.1, -0.05) is 11.6 Å². The third-order valence-electron chi connectivity index (χ3n) is 2.26. The molecule has 0 radical (unpaired) electrons. The number of aliphatic carboxylic acids is 1. The van der Waals surface area contributed by atoms with E-state index in [4.69, 9.17) is 16.7 Å². The highest BCUT2D eigenvalue weighted by Gasteiger charge is 2.05. The van der Waals surface area contributed by atoms with Crippen LogP contribution in [0.5, 0.6) is 0 Å². The third-order valence-corrected chi connectivity index (χ3v) is 2.45. The third kappa shape index (κ3) is 2.75. The molecule has 2 heterocycles. The minimum absolute atomic E-state index is 0.533. The van der Waals surface area contributed by atoms with Crippen molar-refractivity contribution in [3.63, 3.8) is 0 Å². The van der Waals surface area contributed by atoms with Crippen LogP contribution in [0.1, 0.15) is 11.1 Å². The number of hydrogen-bond acceptors (Lipinski definition) is 3. The molecule has 0 spiro atoms. The van der Waals surface area contributed by atoms with Gasteiger partial charge in [0.15, 0.2) is 5.82 Å². The molecule has 0 atom stereocenters. The van der Waals surface area contributed by atoms with E-state index in [-0.39, 0.29) is 0 Å². The highest BCUT2D eigenvalue weighted by molar-refractivity contribution is 6.30. The summed E-state index contributed by atoms with van der Waals surface area (Å²) in [7, 11) is 0.